The number of epoxide rings is 1. The second-order valence-electron chi connectivity index (χ2n) is 13.6. The summed E-state index contributed by atoms with van der Waals surface area (Å²) in [5, 5.41) is 46.8. The number of ether oxygens (including phenoxy) is 3. The van der Waals surface area contributed by atoms with Crippen molar-refractivity contribution >= 4 is 17.7 Å². The molecule has 0 radical (unpaired) electrons. The molecule has 10 nitrogen and oxygen atoms in total. The van der Waals surface area contributed by atoms with Crippen molar-refractivity contribution in [3.63, 3.8) is 0 Å². The van der Waals surface area contributed by atoms with Crippen LogP contribution in [0, 0.1) is 40.9 Å². The van der Waals surface area contributed by atoms with Crippen LogP contribution in [0.4, 0.5) is 0 Å². The summed E-state index contributed by atoms with van der Waals surface area (Å²) < 4.78 is 18.5. The summed E-state index contributed by atoms with van der Waals surface area (Å²) in [5.41, 5.74) is -8.11. The van der Waals surface area contributed by atoms with Crippen molar-refractivity contribution in [3.05, 3.63) is 11.6 Å². The summed E-state index contributed by atoms with van der Waals surface area (Å²) in [6, 6.07) is 0. The topological polar surface area (TPSA) is 163 Å². The van der Waals surface area contributed by atoms with E-state index < -0.39 is 106 Å². The van der Waals surface area contributed by atoms with E-state index in [0.29, 0.717) is 12.8 Å². The molecular weight excluding hydrogens is 520 g/mol. The van der Waals surface area contributed by atoms with Crippen molar-refractivity contribution < 1.29 is 49.0 Å². The van der Waals surface area contributed by atoms with E-state index in [-0.39, 0.29) is 5.57 Å². The van der Waals surface area contributed by atoms with E-state index in [0.717, 1.165) is 0 Å². The van der Waals surface area contributed by atoms with E-state index in [1.54, 1.807) is 20.8 Å². The fraction of sp³-hybridized carbons (Fsp3) is 0.833. The molecule has 3 saturated carbocycles. The van der Waals surface area contributed by atoms with Crippen LogP contribution in [0.5, 0.6) is 0 Å². The summed E-state index contributed by atoms with van der Waals surface area (Å²) in [6.45, 7) is 13.4. The van der Waals surface area contributed by atoms with Gasteiger partial charge in [-0.1, -0.05) is 54.5 Å². The van der Waals surface area contributed by atoms with Gasteiger partial charge in [0.25, 0.3) is 0 Å². The van der Waals surface area contributed by atoms with Crippen molar-refractivity contribution in [1.29, 1.82) is 0 Å². The summed E-state index contributed by atoms with van der Waals surface area (Å²) in [4.78, 5) is 40.0. The standard InChI is InChI=1S/C30H44O10/c1-9-13(3)23(33)38-21-16(6)28(36)17-11-15(5)20(32)29(17,37)25(35)27(12-31)22(39-27)18(28)19-26(7,8)30(19,21)40-24(34)14(4)10-2/h11,13-14,16-19,21-22,25,31,35-37H,9-10,12H2,1-8H3/t13-,14-,16+,17+,18-,19-,21-,22-,25+,27-,28+,29+,30-/m1/s1. The Kier molecular flexibility index (Phi) is 6.54. The summed E-state index contributed by atoms with van der Waals surface area (Å²) in [6.07, 6.45) is -1.37. The zero-order valence-corrected chi connectivity index (χ0v) is 24.6. The largest absolute Gasteiger partial charge is 0.457 e. The first-order chi connectivity index (χ1) is 18.5. The van der Waals surface area contributed by atoms with Gasteiger partial charge in [-0.3, -0.25) is 14.4 Å². The summed E-state index contributed by atoms with van der Waals surface area (Å²) >= 11 is 0. The molecule has 40 heavy (non-hydrogen) atoms. The molecule has 0 amide bonds. The third-order valence-electron chi connectivity index (χ3n) is 11.5. The molecule has 4 aliphatic carbocycles. The number of ketones is 1. The van der Waals surface area contributed by atoms with E-state index in [1.807, 2.05) is 27.7 Å². The van der Waals surface area contributed by atoms with E-state index in [1.165, 1.54) is 13.0 Å². The number of rotatable bonds is 7. The molecule has 13 atom stereocenters. The molecule has 1 aliphatic heterocycles. The molecule has 0 bridgehead atoms. The Hall–Kier alpha value is -1.85. The number of Topliss-reactive ketones (excluding diaryl/α,β-unsaturated/α-hetero) is 1. The quantitative estimate of drug-likeness (QED) is 0.262. The van der Waals surface area contributed by atoms with Crippen LogP contribution < -0.4 is 0 Å². The molecule has 0 aromatic carbocycles. The smallest absolute Gasteiger partial charge is 0.309 e. The minimum atomic E-state index is -2.48. The summed E-state index contributed by atoms with van der Waals surface area (Å²) in [5.74, 6) is -6.37. The van der Waals surface area contributed by atoms with E-state index in [9.17, 15) is 34.8 Å². The first kappa shape index (κ1) is 29.6. The van der Waals surface area contributed by atoms with Crippen molar-refractivity contribution in [2.75, 3.05) is 6.61 Å². The highest BCUT2D eigenvalue weighted by Crippen LogP contribution is 2.80. The molecule has 10 heteroatoms. The monoisotopic (exact) mass is 564 g/mol. The van der Waals surface area contributed by atoms with Gasteiger partial charge in [-0.25, -0.2) is 0 Å². The number of hydrogen-bond donors (Lipinski definition) is 4. The molecule has 0 aromatic heterocycles. The molecule has 0 spiro atoms. The second-order valence-corrected chi connectivity index (χ2v) is 13.6. The number of aliphatic hydroxyl groups is 4. The zero-order chi connectivity index (χ0) is 30.0. The zero-order valence-electron chi connectivity index (χ0n) is 24.6. The number of carbonyl (C=O) groups excluding carboxylic acids is 3. The number of hydrogen-bond acceptors (Lipinski definition) is 10. The molecule has 4 N–H and O–H groups in total. The maximum absolute atomic E-state index is 13.4. The van der Waals surface area contributed by atoms with Gasteiger partial charge in [-0.15, -0.1) is 0 Å². The average Bonchev–Trinajstić information content (AvgIpc) is 3.75. The van der Waals surface area contributed by atoms with Crippen molar-refractivity contribution in [2.45, 2.75) is 109 Å². The Morgan fingerprint density at radius 2 is 1.68 bits per heavy atom. The summed E-state index contributed by atoms with van der Waals surface area (Å²) in [7, 11) is 0. The molecule has 1 saturated heterocycles. The van der Waals surface area contributed by atoms with Gasteiger partial charge in [0, 0.05) is 29.1 Å². The number of esters is 2. The fourth-order valence-electron chi connectivity index (χ4n) is 8.51. The average molecular weight is 565 g/mol. The van der Waals surface area contributed by atoms with Gasteiger partial charge in [0.15, 0.2) is 17.0 Å². The highest BCUT2D eigenvalue weighted by Gasteiger charge is 2.93. The Labute approximate surface area is 235 Å². The Bertz CT molecular complexity index is 1160. The predicted octanol–water partition coefficient (Wildman–Crippen LogP) is 1.31. The lowest BCUT2D eigenvalue weighted by Gasteiger charge is -2.53. The second kappa shape index (κ2) is 8.83. The van der Waals surface area contributed by atoms with Crippen LogP contribution in [0.15, 0.2) is 11.6 Å². The number of aliphatic hydroxyl groups excluding tert-OH is 2. The van der Waals surface area contributed by atoms with Crippen LogP contribution in [0.1, 0.15) is 68.2 Å². The van der Waals surface area contributed by atoms with Crippen LogP contribution in [-0.2, 0) is 28.6 Å². The Morgan fingerprint density at radius 3 is 2.23 bits per heavy atom. The maximum atomic E-state index is 13.4. The van der Waals surface area contributed by atoms with Gasteiger partial charge in [0.2, 0.25) is 0 Å². The molecule has 4 fully saturated rings. The fourth-order valence-corrected chi connectivity index (χ4v) is 8.51. The van der Waals surface area contributed by atoms with E-state index >= 15 is 0 Å². The van der Waals surface area contributed by atoms with Crippen LogP contribution >= 0.6 is 0 Å². The van der Waals surface area contributed by atoms with Gasteiger partial charge in [-0.2, -0.15) is 0 Å². The van der Waals surface area contributed by atoms with Crippen LogP contribution in [0.3, 0.4) is 0 Å². The first-order valence-corrected chi connectivity index (χ1v) is 14.6. The lowest BCUT2D eigenvalue weighted by Crippen LogP contribution is -2.69. The Morgan fingerprint density at radius 1 is 1.10 bits per heavy atom. The van der Waals surface area contributed by atoms with Crippen LogP contribution in [0.2, 0.25) is 0 Å². The van der Waals surface area contributed by atoms with Gasteiger partial charge in [0.1, 0.15) is 17.8 Å². The maximum Gasteiger partial charge on any atom is 0.309 e. The number of carbonyl (C=O) groups is 3. The lowest BCUT2D eigenvalue weighted by atomic mass is 9.58. The minimum Gasteiger partial charge on any atom is -0.457 e. The SMILES string of the molecule is CC[C@@H](C)C(=O)O[C@@H]1[C@H](C)[C@@]2(O)[C@@H]([C@H]3O[C@@]3(CO)[C@H](O)[C@@]3(O)C(=O)C(C)=C[C@H]32)[C@@H]2C(C)(C)[C@]12OC(=O)[C@H](C)CC. The minimum absolute atomic E-state index is 0.168. The normalized spacial score (nSPS) is 49.2. The third-order valence-corrected chi connectivity index (χ3v) is 11.5. The molecular formula is C30H44O10. The van der Waals surface area contributed by atoms with E-state index in [4.69, 9.17) is 14.2 Å². The van der Waals surface area contributed by atoms with Crippen LogP contribution in [0.25, 0.3) is 0 Å². The van der Waals surface area contributed by atoms with Crippen molar-refractivity contribution in [1.82, 2.24) is 0 Å². The molecule has 0 aromatic rings. The van der Waals surface area contributed by atoms with Crippen LogP contribution in [-0.4, -0.2) is 85.5 Å². The molecule has 5 aliphatic rings. The number of fused-ring (bicyclic) bond motifs is 7. The highest BCUT2D eigenvalue weighted by molar-refractivity contribution is 6.05. The first-order valence-electron chi connectivity index (χ1n) is 14.6. The van der Waals surface area contributed by atoms with E-state index in [2.05, 4.69) is 0 Å². The van der Waals surface area contributed by atoms with Crippen molar-refractivity contribution in [3.8, 4) is 0 Å². The molecule has 1 heterocycles. The van der Waals surface area contributed by atoms with Gasteiger partial charge < -0.3 is 34.6 Å². The lowest BCUT2D eigenvalue weighted by molar-refractivity contribution is -0.246. The van der Waals surface area contributed by atoms with Gasteiger partial charge >= 0.3 is 11.9 Å². The van der Waals surface area contributed by atoms with Crippen molar-refractivity contribution in [2.24, 2.45) is 40.9 Å². The molecule has 0 unspecified atom stereocenters. The molecule has 224 valence electrons. The third kappa shape index (κ3) is 3.20. The van der Waals surface area contributed by atoms with Gasteiger partial charge in [0.05, 0.1) is 30.1 Å². The predicted molar refractivity (Wildman–Crippen MR) is 140 cm³/mol. The highest BCUT2D eigenvalue weighted by atomic mass is 16.6. The molecule has 5 rings (SSSR count). The van der Waals surface area contributed by atoms with Gasteiger partial charge in [-0.05, 0) is 25.3 Å². The Balaban J connectivity index is 1.73.